The lowest BCUT2D eigenvalue weighted by atomic mass is 9.82. The number of hydrogen-bond acceptors (Lipinski definition) is 3. The Morgan fingerprint density at radius 1 is 1.24 bits per heavy atom. The first-order chi connectivity index (χ1) is 8.27. The monoisotopic (exact) mass is 238 g/mol. The molecule has 1 spiro atoms. The normalized spacial score (nSPS) is 37.5. The van der Waals surface area contributed by atoms with Gasteiger partial charge in [-0.3, -0.25) is 4.79 Å². The molecule has 0 aromatic heterocycles. The molecule has 3 fully saturated rings. The largest absolute Gasteiger partial charge is 0.378 e. The summed E-state index contributed by atoms with van der Waals surface area (Å²) in [5.74, 6) is 1.61. The van der Waals surface area contributed by atoms with Gasteiger partial charge in [-0.1, -0.05) is 0 Å². The second kappa shape index (κ2) is 4.69. The van der Waals surface area contributed by atoms with Crippen molar-refractivity contribution >= 4 is 5.78 Å². The van der Waals surface area contributed by atoms with Crippen molar-refractivity contribution in [2.45, 2.75) is 50.5 Å². The first kappa shape index (κ1) is 11.7. The zero-order valence-electron chi connectivity index (χ0n) is 10.5. The second-order valence-corrected chi connectivity index (χ2v) is 5.97. The number of carbonyl (C=O) groups excluding carboxylic acids is 1. The molecule has 1 saturated carbocycles. The van der Waals surface area contributed by atoms with Gasteiger partial charge in [0.05, 0.1) is 12.2 Å². The van der Waals surface area contributed by atoms with Crippen LogP contribution in [-0.2, 0) is 14.3 Å². The van der Waals surface area contributed by atoms with E-state index in [1.165, 1.54) is 0 Å². The summed E-state index contributed by atoms with van der Waals surface area (Å²) in [4.78, 5) is 11.7. The van der Waals surface area contributed by atoms with Crippen LogP contribution in [0.3, 0.4) is 0 Å². The quantitative estimate of drug-likeness (QED) is 0.754. The summed E-state index contributed by atoms with van der Waals surface area (Å²) in [6.07, 6.45) is 7.42. The van der Waals surface area contributed by atoms with Crippen LogP contribution in [0.2, 0.25) is 0 Å². The van der Waals surface area contributed by atoms with Crippen molar-refractivity contribution in [3.05, 3.63) is 0 Å². The molecule has 3 heteroatoms. The molecule has 3 aliphatic rings. The van der Waals surface area contributed by atoms with Crippen LogP contribution in [0.25, 0.3) is 0 Å². The Morgan fingerprint density at radius 3 is 2.82 bits per heavy atom. The Kier molecular flexibility index (Phi) is 3.22. The molecule has 3 nitrogen and oxygen atoms in total. The van der Waals surface area contributed by atoms with E-state index in [1.54, 1.807) is 0 Å². The first-order valence-electron chi connectivity index (χ1n) is 7.02. The van der Waals surface area contributed by atoms with E-state index in [-0.39, 0.29) is 5.60 Å². The number of ketones is 1. The molecule has 2 unspecified atom stereocenters. The highest BCUT2D eigenvalue weighted by Gasteiger charge is 2.41. The molecule has 3 rings (SSSR count). The highest BCUT2D eigenvalue weighted by atomic mass is 16.6. The van der Waals surface area contributed by atoms with E-state index >= 15 is 0 Å². The Balaban J connectivity index is 1.48. The van der Waals surface area contributed by atoms with Gasteiger partial charge in [0.2, 0.25) is 0 Å². The Morgan fingerprint density at radius 2 is 2.12 bits per heavy atom. The van der Waals surface area contributed by atoms with Gasteiger partial charge in [0.15, 0.2) is 0 Å². The summed E-state index contributed by atoms with van der Waals surface area (Å²) in [5, 5.41) is 0. The van der Waals surface area contributed by atoms with Crippen LogP contribution in [0.4, 0.5) is 0 Å². The molecule has 1 aliphatic carbocycles. The third-order valence-electron chi connectivity index (χ3n) is 4.49. The minimum Gasteiger partial charge on any atom is -0.378 e. The molecule has 2 atom stereocenters. The number of ether oxygens (including phenoxy) is 2. The average molecular weight is 238 g/mol. The van der Waals surface area contributed by atoms with Crippen LogP contribution in [0.15, 0.2) is 0 Å². The average Bonchev–Trinajstić information content (AvgIpc) is 3.10. The number of Topliss-reactive ketones (excluding diaryl/α,β-unsaturated/α-hetero) is 1. The molecule has 0 bridgehead atoms. The van der Waals surface area contributed by atoms with Gasteiger partial charge in [0, 0.05) is 32.0 Å². The SMILES string of the molecule is O=C(CCC1CCOC2(CCOC2)C1)C1CC1. The van der Waals surface area contributed by atoms with Gasteiger partial charge >= 0.3 is 0 Å². The maximum Gasteiger partial charge on any atom is 0.135 e. The summed E-state index contributed by atoms with van der Waals surface area (Å²) in [5.41, 5.74) is 0.00550. The molecular weight excluding hydrogens is 216 g/mol. The molecular formula is C14H22O3. The van der Waals surface area contributed by atoms with E-state index in [1.807, 2.05) is 0 Å². The molecule has 0 amide bonds. The van der Waals surface area contributed by atoms with Crippen LogP contribution in [0, 0.1) is 11.8 Å². The molecule has 2 heterocycles. The van der Waals surface area contributed by atoms with Crippen molar-refractivity contribution in [1.29, 1.82) is 0 Å². The number of rotatable bonds is 4. The van der Waals surface area contributed by atoms with Gasteiger partial charge in [0.25, 0.3) is 0 Å². The van der Waals surface area contributed by atoms with Crippen molar-refractivity contribution < 1.29 is 14.3 Å². The summed E-state index contributed by atoms with van der Waals surface area (Å²) >= 11 is 0. The van der Waals surface area contributed by atoms with Crippen molar-refractivity contribution in [1.82, 2.24) is 0 Å². The van der Waals surface area contributed by atoms with Crippen molar-refractivity contribution in [2.75, 3.05) is 19.8 Å². The molecule has 0 aromatic rings. The fourth-order valence-corrected chi connectivity index (χ4v) is 3.19. The molecule has 0 N–H and O–H groups in total. The zero-order valence-corrected chi connectivity index (χ0v) is 10.5. The Bertz CT molecular complexity index is 290. The van der Waals surface area contributed by atoms with Gasteiger partial charge in [-0.15, -0.1) is 0 Å². The highest BCUT2D eigenvalue weighted by Crippen LogP contribution is 2.38. The molecule has 2 saturated heterocycles. The van der Waals surface area contributed by atoms with Crippen molar-refractivity contribution in [3.63, 3.8) is 0 Å². The van der Waals surface area contributed by atoms with E-state index in [2.05, 4.69) is 0 Å². The first-order valence-corrected chi connectivity index (χ1v) is 7.02. The fourth-order valence-electron chi connectivity index (χ4n) is 3.19. The lowest BCUT2D eigenvalue weighted by Crippen LogP contribution is -2.40. The molecule has 2 aliphatic heterocycles. The van der Waals surface area contributed by atoms with Crippen LogP contribution < -0.4 is 0 Å². The van der Waals surface area contributed by atoms with Gasteiger partial charge in [-0.05, 0) is 38.0 Å². The third kappa shape index (κ3) is 2.71. The molecule has 17 heavy (non-hydrogen) atoms. The Labute approximate surface area is 103 Å². The summed E-state index contributed by atoms with van der Waals surface area (Å²) in [7, 11) is 0. The maximum atomic E-state index is 11.7. The predicted molar refractivity (Wildman–Crippen MR) is 63.8 cm³/mol. The Hall–Kier alpha value is -0.410. The van der Waals surface area contributed by atoms with Crippen molar-refractivity contribution in [2.24, 2.45) is 11.8 Å². The van der Waals surface area contributed by atoms with E-state index in [0.29, 0.717) is 17.6 Å². The zero-order chi connectivity index (χ0) is 11.7. The standard InChI is InChI=1S/C14H22O3/c15-13(12-2-3-12)4-1-11-5-7-17-14(9-11)6-8-16-10-14/h11-12H,1-10H2. The van der Waals surface area contributed by atoms with E-state index in [0.717, 1.165) is 64.8 Å². The number of hydrogen-bond donors (Lipinski definition) is 0. The van der Waals surface area contributed by atoms with Gasteiger partial charge in [-0.25, -0.2) is 0 Å². The van der Waals surface area contributed by atoms with Gasteiger partial charge in [0.1, 0.15) is 5.78 Å². The van der Waals surface area contributed by atoms with E-state index < -0.39 is 0 Å². The van der Waals surface area contributed by atoms with E-state index in [9.17, 15) is 4.79 Å². The second-order valence-electron chi connectivity index (χ2n) is 5.97. The number of carbonyl (C=O) groups is 1. The molecule has 96 valence electrons. The van der Waals surface area contributed by atoms with Gasteiger partial charge < -0.3 is 9.47 Å². The minimum atomic E-state index is 0.00550. The van der Waals surface area contributed by atoms with Crippen LogP contribution in [0.5, 0.6) is 0 Å². The van der Waals surface area contributed by atoms with Gasteiger partial charge in [-0.2, -0.15) is 0 Å². The highest BCUT2D eigenvalue weighted by molar-refractivity contribution is 5.83. The molecule has 0 radical (unpaired) electrons. The third-order valence-corrected chi connectivity index (χ3v) is 4.49. The summed E-state index contributed by atoms with van der Waals surface area (Å²) < 4.78 is 11.4. The van der Waals surface area contributed by atoms with Crippen molar-refractivity contribution in [3.8, 4) is 0 Å². The molecule has 0 aromatic carbocycles. The van der Waals surface area contributed by atoms with Crippen LogP contribution in [0.1, 0.15) is 44.9 Å². The summed E-state index contributed by atoms with van der Waals surface area (Å²) in [6.45, 7) is 2.46. The lowest BCUT2D eigenvalue weighted by Gasteiger charge is -2.37. The smallest absolute Gasteiger partial charge is 0.135 e. The minimum absolute atomic E-state index is 0.00550. The van der Waals surface area contributed by atoms with Crippen LogP contribution >= 0.6 is 0 Å². The summed E-state index contributed by atoms with van der Waals surface area (Å²) in [6, 6.07) is 0. The fraction of sp³-hybridized carbons (Fsp3) is 0.929. The lowest BCUT2D eigenvalue weighted by molar-refractivity contribution is -0.122. The maximum absolute atomic E-state index is 11.7. The topological polar surface area (TPSA) is 35.5 Å². The van der Waals surface area contributed by atoms with Crippen LogP contribution in [-0.4, -0.2) is 31.2 Å². The van der Waals surface area contributed by atoms with E-state index in [4.69, 9.17) is 9.47 Å². The predicted octanol–water partition coefficient (Wildman–Crippen LogP) is 2.33.